The van der Waals surface area contributed by atoms with Crippen molar-refractivity contribution in [3.05, 3.63) is 65.6 Å². The summed E-state index contributed by atoms with van der Waals surface area (Å²) in [4.78, 5) is 19.4. The van der Waals surface area contributed by atoms with E-state index in [-0.39, 0.29) is 5.91 Å². The minimum Gasteiger partial charge on any atom is -0.455 e. The minimum absolute atomic E-state index is 0.0111. The Morgan fingerprint density at radius 3 is 2.48 bits per heavy atom. The number of hydrogen-bond donors (Lipinski definition) is 0. The molecule has 0 radical (unpaired) electrons. The van der Waals surface area contributed by atoms with Gasteiger partial charge in [-0.3, -0.25) is 9.69 Å². The fraction of sp³-hybridized carbons (Fsp3) is 0.409. The first-order valence-electron chi connectivity index (χ1n) is 9.72. The maximum atomic E-state index is 12.8. The van der Waals surface area contributed by atoms with Crippen molar-refractivity contribution < 1.29 is 9.21 Å². The van der Waals surface area contributed by atoms with Crippen LogP contribution >= 0.6 is 0 Å². The van der Waals surface area contributed by atoms with Crippen molar-refractivity contribution in [3.8, 4) is 0 Å². The molecular weight excluding hydrogens is 338 g/mol. The molecule has 2 aliphatic rings. The van der Waals surface area contributed by atoms with Gasteiger partial charge in [-0.05, 0) is 36.7 Å². The molecule has 0 saturated carbocycles. The van der Waals surface area contributed by atoms with Crippen LogP contribution in [0.2, 0.25) is 0 Å². The Balaban J connectivity index is 1.35. The van der Waals surface area contributed by atoms with Gasteiger partial charge in [-0.15, -0.1) is 0 Å². The summed E-state index contributed by atoms with van der Waals surface area (Å²) >= 11 is 0. The molecule has 1 amide bonds. The van der Waals surface area contributed by atoms with Crippen LogP contribution in [0.1, 0.15) is 28.3 Å². The third kappa shape index (κ3) is 4.31. The predicted octanol–water partition coefficient (Wildman–Crippen LogP) is 2.96. The van der Waals surface area contributed by atoms with Gasteiger partial charge < -0.3 is 14.2 Å². The summed E-state index contributed by atoms with van der Waals surface area (Å²) in [7, 11) is 2.15. The zero-order valence-electron chi connectivity index (χ0n) is 15.9. The van der Waals surface area contributed by atoms with E-state index in [1.54, 1.807) is 0 Å². The normalized spacial score (nSPS) is 19.1. The van der Waals surface area contributed by atoms with E-state index < -0.39 is 0 Å². The van der Waals surface area contributed by atoms with Crippen molar-refractivity contribution in [2.75, 3.05) is 46.3 Å². The van der Waals surface area contributed by atoms with Gasteiger partial charge in [0.2, 0.25) is 0 Å². The van der Waals surface area contributed by atoms with Crippen LogP contribution in [0.5, 0.6) is 0 Å². The molecule has 27 heavy (non-hydrogen) atoms. The summed E-state index contributed by atoms with van der Waals surface area (Å²) in [6, 6.07) is 14.2. The van der Waals surface area contributed by atoms with Crippen LogP contribution in [0.4, 0.5) is 0 Å². The highest BCUT2D eigenvalue weighted by atomic mass is 16.4. The van der Waals surface area contributed by atoms with Crippen LogP contribution in [0, 0.1) is 0 Å². The number of hydrogen-bond acceptors (Lipinski definition) is 4. The number of carbonyl (C=O) groups excluding carboxylic acids is 1. The molecule has 0 atom stereocenters. The lowest BCUT2D eigenvalue weighted by Gasteiger charge is -2.31. The van der Waals surface area contributed by atoms with Crippen molar-refractivity contribution in [3.63, 3.8) is 0 Å². The van der Waals surface area contributed by atoms with E-state index in [2.05, 4.69) is 47.2 Å². The molecule has 3 heterocycles. The zero-order chi connectivity index (χ0) is 18.6. The first-order chi connectivity index (χ1) is 13.2. The topological polar surface area (TPSA) is 39.9 Å². The van der Waals surface area contributed by atoms with Crippen LogP contribution in [-0.2, 0) is 6.54 Å². The smallest absolute Gasteiger partial charge is 0.289 e. The fourth-order valence-electron chi connectivity index (χ4n) is 3.73. The molecule has 0 N–H and O–H groups in total. The number of benzene rings is 1. The Kier molecular flexibility index (Phi) is 5.41. The van der Waals surface area contributed by atoms with E-state index in [1.165, 1.54) is 11.1 Å². The highest BCUT2D eigenvalue weighted by molar-refractivity contribution is 5.92. The molecule has 0 aliphatic carbocycles. The lowest BCUT2D eigenvalue weighted by molar-refractivity contribution is 0.0735. The largest absolute Gasteiger partial charge is 0.455 e. The molecule has 0 unspecified atom stereocenters. The summed E-state index contributed by atoms with van der Waals surface area (Å²) in [6.45, 7) is 6.39. The van der Waals surface area contributed by atoms with E-state index in [4.69, 9.17) is 4.42 Å². The van der Waals surface area contributed by atoms with Crippen molar-refractivity contribution in [2.45, 2.75) is 13.0 Å². The van der Waals surface area contributed by atoms with Gasteiger partial charge in [-0.2, -0.15) is 0 Å². The Hall–Kier alpha value is -2.37. The van der Waals surface area contributed by atoms with Gasteiger partial charge in [0.25, 0.3) is 5.91 Å². The zero-order valence-corrected chi connectivity index (χ0v) is 15.9. The van der Waals surface area contributed by atoms with Crippen LogP contribution in [0.15, 0.2) is 53.0 Å². The molecule has 0 spiro atoms. The van der Waals surface area contributed by atoms with Gasteiger partial charge >= 0.3 is 0 Å². The first kappa shape index (κ1) is 18.0. The molecule has 0 bridgehead atoms. The lowest BCUT2D eigenvalue weighted by Crippen LogP contribution is -2.43. The third-order valence-electron chi connectivity index (χ3n) is 5.49. The second-order valence-corrected chi connectivity index (χ2v) is 7.44. The number of carbonyl (C=O) groups is 1. The molecule has 1 aromatic carbocycles. The summed E-state index contributed by atoms with van der Waals surface area (Å²) in [5.41, 5.74) is 2.56. The van der Waals surface area contributed by atoms with E-state index in [9.17, 15) is 4.79 Å². The number of rotatable bonds is 4. The third-order valence-corrected chi connectivity index (χ3v) is 5.49. The van der Waals surface area contributed by atoms with Gasteiger partial charge in [-0.1, -0.05) is 36.4 Å². The fourth-order valence-corrected chi connectivity index (χ4v) is 3.73. The highest BCUT2D eigenvalue weighted by Gasteiger charge is 2.23. The number of likely N-dealkylation sites (N-methyl/N-ethyl adjacent to an activating group) is 1. The molecular formula is C22H27N3O2. The van der Waals surface area contributed by atoms with E-state index >= 15 is 0 Å². The van der Waals surface area contributed by atoms with Gasteiger partial charge in [0, 0.05) is 39.3 Å². The summed E-state index contributed by atoms with van der Waals surface area (Å²) in [5.74, 6) is 1.32. The molecule has 1 saturated heterocycles. The molecule has 2 aliphatic heterocycles. The maximum absolute atomic E-state index is 12.8. The number of furan rings is 1. The summed E-state index contributed by atoms with van der Waals surface area (Å²) in [6.07, 6.45) is 3.04. The van der Waals surface area contributed by atoms with Gasteiger partial charge in [0.15, 0.2) is 5.76 Å². The average Bonchev–Trinajstić information content (AvgIpc) is 3.18. The van der Waals surface area contributed by atoms with Crippen molar-refractivity contribution in [1.29, 1.82) is 0 Å². The minimum atomic E-state index is -0.0111. The van der Waals surface area contributed by atoms with Crippen molar-refractivity contribution in [1.82, 2.24) is 14.7 Å². The Morgan fingerprint density at radius 1 is 1.00 bits per heavy atom. The molecule has 5 heteroatoms. The maximum Gasteiger partial charge on any atom is 0.289 e. The average molecular weight is 365 g/mol. The van der Waals surface area contributed by atoms with E-state index in [1.807, 2.05) is 23.1 Å². The number of amides is 1. The molecule has 5 nitrogen and oxygen atoms in total. The van der Waals surface area contributed by atoms with Crippen molar-refractivity contribution >= 4 is 11.5 Å². The molecule has 2 aromatic rings. The van der Waals surface area contributed by atoms with Gasteiger partial charge in [0.1, 0.15) is 5.76 Å². The standard InChI is InChI=1S/C22H27N3O2/c1-23-13-15-24(16-14-23)17-20-7-8-21(27-20)22(26)25-11-9-19(10-12-25)18-5-3-2-4-6-18/h2-9H,10-17H2,1H3. The first-order valence-corrected chi connectivity index (χ1v) is 9.72. The molecule has 1 fully saturated rings. The Labute approximate surface area is 160 Å². The van der Waals surface area contributed by atoms with E-state index in [0.717, 1.165) is 51.4 Å². The molecule has 4 rings (SSSR count). The Morgan fingerprint density at radius 2 is 1.78 bits per heavy atom. The highest BCUT2D eigenvalue weighted by Crippen LogP contribution is 2.23. The second kappa shape index (κ2) is 8.11. The van der Waals surface area contributed by atoms with Crippen LogP contribution in [-0.4, -0.2) is 66.9 Å². The molecule has 1 aromatic heterocycles. The van der Waals surface area contributed by atoms with Crippen LogP contribution < -0.4 is 0 Å². The number of piperazine rings is 1. The summed E-state index contributed by atoms with van der Waals surface area (Å²) < 4.78 is 5.87. The summed E-state index contributed by atoms with van der Waals surface area (Å²) in [5, 5.41) is 0. The van der Waals surface area contributed by atoms with Crippen LogP contribution in [0.3, 0.4) is 0 Å². The Bertz CT molecular complexity index is 804. The lowest BCUT2D eigenvalue weighted by atomic mass is 9.99. The quantitative estimate of drug-likeness (QED) is 0.835. The predicted molar refractivity (Wildman–Crippen MR) is 106 cm³/mol. The SMILES string of the molecule is CN1CCN(Cc2ccc(C(=O)N3CC=C(c4ccccc4)CC3)o2)CC1. The van der Waals surface area contributed by atoms with Gasteiger partial charge in [0.05, 0.1) is 6.54 Å². The monoisotopic (exact) mass is 365 g/mol. The van der Waals surface area contributed by atoms with Crippen molar-refractivity contribution in [2.24, 2.45) is 0 Å². The van der Waals surface area contributed by atoms with E-state index in [0.29, 0.717) is 12.3 Å². The van der Waals surface area contributed by atoms with Gasteiger partial charge in [-0.25, -0.2) is 0 Å². The number of nitrogens with zero attached hydrogens (tertiary/aromatic N) is 3. The molecule has 142 valence electrons. The second-order valence-electron chi connectivity index (χ2n) is 7.44. The van der Waals surface area contributed by atoms with Crippen LogP contribution in [0.25, 0.3) is 5.57 Å².